The van der Waals surface area contributed by atoms with Gasteiger partial charge in [0.05, 0.1) is 12.0 Å². The molecule has 0 bridgehead atoms. The van der Waals surface area contributed by atoms with E-state index >= 15 is 0 Å². The molecule has 3 aromatic rings. The zero-order valence-electron chi connectivity index (χ0n) is 17.6. The number of aromatic nitrogens is 1. The highest BCUT2D eigenvalue weighted by Gasteiger charge is 2.23. The summed E-state index contributed by atoms with van der Waals surface area (Å²) in [6.07, 6.45) is 1.42. The van der Waals surface area contributed by atoms with Crippen LogP contribution >= 0.6 is 22.9 Å². The normalized spacial score (nSPS) is 11.7. The highest BCUT2D eigenvalue weighted by Crippen LogP contribution is 2.37. The van der Waals surface area contributed by atoms with Gasteiger partial charge in [0.1, 0.15) is 11.6 Å². The Balaban J connectivity index is 1.87. The van der Waals surface area contributed by atoms with Gasteiger partial charge in [-0.3, -0.25) is 4.79 Å². The molecule has 2 N–H and O–H groups in total. The lowest BCUT2D eigenvalue weighted by Crippen LogP contribution is -2.25. The Bertz CT molecular complexity index is 1180. The smallest absolute Gasteiger partial charge is 0.241 e. The zero-order chi connectivity index (χ0) is 23.1. The van der Waals surface area contributed by atoms with E-state index in [0.717, 1.165) is 6.42 Å². The monoisotopic (exact) mass is 501 g/mol. The van der Waals surface area contributed by atoms with Gasteiger partial charge in [-0.25, -0.2) is 18.1 Å². The van der Waals surface area contributed by atoms with Crippen LogP contribution < -0.4 is 14.8 Å². The van der Waals surface area contributed by atoms with Crippen molar-refractivity contribution in [1.29, 1.82) is 0 Å². The number of carbonyl (C=O) groups excluding carboxylic acids is 1. The number of amides is 1. The van der Waals surface area contributed by atoms with Crippen LogP contribution in [0.5, 0.6) is 5.75 Å². The molecule has 1 aromatic carbocycles. The van der Waals surface area contributed by atoms with Crippen LogP contribution in [0.4, 0.5) is 5.13 Å². The third-order valence-electron chi connectivity index (χ3n) is 4.45. The number of sulfonamides is 1. The van der Waals surface area contributed by atoms with Crippen LogP contribution in [-0.4, -0.2) is 52.1 Å². The highest BCUT2D eigenvalue weighted by atomic mass is 35.5. The number of halogens is 1. The van der Waals surface area contributed by atoms with Crippen LogP contribution in [0.3, 0.4) is 0 Å². The molecule has 0 unspecified atom stereocenters. The maximum absolute atomic E-state index is 12.9. The maximum atomic E-state index is 12.9. The zero-order valence-corrected chi connectivity index (χ0v) is 20.0. The fourth-order valence-electron chi connectivity index (χ4n) is 2.95. The molecule has 0 atom stereocenters. The second kappa shape index (κ2) is 11.1. The van der Waals surface area contributed by atoms with E-state index < -0.39 is 10.0 Å². The molecule has 3 rings (SSSR count). The lowest BCUT2D eigenvalue weighted by Gasteiger charge is -2.09. The van der Waals surface area contributed by atoms with Gasteiger partial charge in [-0.1, -0.05) is 0 Å². The number of rotatable bonds is 12. The fraction of sp³-hybridized carbons (Fsp3) is 0.400. The van der Waals surface area contributed by atoms with Crippen molar-refractivity contribution in [3.8, 4) is 17.2 Å². The van der Waals surface area contributed by atoms with Crippen molar-refractivity contribution in [2.75, 3.05) is 38.1 Å². The molecule has 0 aliphatic heterocycles. The third kappa shape index (κ3) is 5.78. The van der Waals surface area contributed by atoms with E-state index in [1.54, 1.807) is 17.5 Å². The molecule has 0 aliphatic carbocycles. The number of methoxy groups -OCH3 is 1. The number of unbranched alkanes of at least 4 members (excludes halogenated alkanes) is 1. The number of hydrogen-bond acceptors (Lipinski definition) is 8. The first-order valence-electron chi connectivity index (χ1n) is 9.89. The number of benzene rings is 1. The SMILES string of the molecule is CCOCCCCNS(=O)(=O)c1ccc(OC)c2oc(-c3csc(NC(=O)CCl)n3)cc12. The van der Waals surface area contributed by atoms with E-state index in [1.165, 1.54) is 24.5 Å². The van der Waals surface area contributed by atoms with E-state index in [4.69, 9.17) is 25.5 Å². The number of thiazole rings is 1. The van der Waals surface area contributed by atoms with Crippen molar-refractivity contribution in [2.45, 2.75) is 24.7 Å². The van der Waals surface area contributed by atoms with Crippen molar-refractivity contribution in [1.82, 2.24) is 9.71 Å². The predicted octanol–water partition coefficient (Wildman–Crippen LogP) is 3.84. The fourth-order valence-corrected chi connectivity index (χ4v) is 4.99. The molecule has 0 fully saturated rings. The van der Waals surface area contributed by atoms with Crippen LogP contribution in [0.15, 0.2) is 32.9 Å². The minimum Gasteiger partial charge on any atom is -0.493 e. The molecule has 0 aliphatic rings. The van der Waals surface area contributed by atoms with Gasteiger partial charge >= 0.3 is 0 Å². The van der Waals surface area contributed by atoms with Gasteiger partial charge < -0.3 is 19.2 Å². The molecule has 174 valence electrons. The van der Waals surface area contributed by atoms with Gasteiger partial charge in [-0.15, -0.1) is 22.9 Å². The summed E-state index contributed by atoms with van der Waals surface area (Å²) in [7, 11) is -2.31. The van der Waals surface area contributed by atoms with Gasteiger partial charge in [0.25, 0.3) is 0 Å². The van der Waals surface area contributed by atoms with Gasteiger partial charge in [-0.2, -0.15) is 0 Å². The van der Waals surface area contributed by atoms with Gasteiger partial charge in [0.15, 0.2) is 22.2 Å². The lowest BCUT2D eigenvalue weighted by atomic mass is 10.2. The number of nitrogens with one attached hydrogen (secondary N) is 2. The molecule has 1 amide bonds. The molecule has 0 spiro atoms. The first-order chi connectivity index (χ1) is 15.4. The summed E-state index contributed by atoms with van der Waals surface area (Å²) in [6, 6.07) is 4.63. The molecular weight excluding hydrogens is 478 g/mol. The number of anilines is 1. The number of alkyl halides is 1. The molecular formula is C20H24ClN3O6S2. The molecule has 2 aromatic heterocycles. The van der Waals surface area contributed by atoms with Gasteiger partial charge in [0, 0.05) is 30.5 Å². The van der Waals surface area contributed by atoms with E-state index in [0.29, 0.717) is 59.5 Å². The van der Waals surface area contributed by atoms with Crippen LogP contribution in [0.2, 0.25) is 0 Å². The average Bonchev–Trinajstić information content (AvgIpc) is 3.42. The molecule has 32 heavy (non-hydrogen) atoms. The highest BCUT2D eigenvalue weighted by molar-refractivity contribution is 7.89. The van der Waals surface area contributed by atoms with Crippen LogP contribution in [-0.2, 0) is 19.6 Å². The summed E-state index contributed by atoms with van der Waals surface area (Å²) in [6.45, 7) is 3.44. The van der Waals surface area contributed by atoms with Crippen molar-refractivity contribution < 1.29 is 27.1 Å². The molecule has 12 heteroatoms. The predicted molar refractivity (Wildman–Crippen MR) is 124 cm³/mol. The Labute approximate surface area is 195 Å². The Morgan fingerprint density at radius 2 is 2.12 bits per heavy atom. The number of ether oxygens (including phenoxy) is 2. The van der Waals surface area contributed by atoms with Crippen LogP contribution in [0.25, 0.3) is 22.4 Å². The first-order valence-corrected chi connectivity index (χ1v) is 12.8. The van der Waals surface area contributed by atoms with E-state index in [-0.39, 0.29) is 16.7 Å². The quantitative estimate of drug-likeness (QED) is 0.286. The largest absolute Gasteiger partial charge is 0.493 e. The summed E-state index contributed by atoms with van der Waals surface area (Å²) in [5.41, 5.74) is 0.742. The Morgan fingerprint density at radius 3 is 2.84 bits per heavy atom. The topological polar surface area (TPSA) is 120 Å². The number of hydrogen-bond donors (Lipinski definition) is 2. The van der Waals surface area contributed by atoms with Gasteiger partial charge in [0.2, 0.25) is 15.9 Å². The molecule has 0 radical (unpaired) electrons. The minimum absolute atomic E-state index is 0.0824. The molecule has 2 heterocycles. The van der Waals surface area contributed by atoms with E-state index in [2.05, 4.69) is 15.0 Å². The molecule has 9 nitrogen and oxygen atoms in total. The second-order valence-corrected chi connectivity index (χ2v) is 9.50. The van der Waals surface area contributed by atoms with Crippen LogP contribution in [0.1, 0.15) is 19.8 Å². The van der Waals surface area contributed by atoms with Gasteiger partial charge in [-0.05, 0) is 38.0 Å². The minimum atomic E-state index is -3.78. The number of fused-ring (bicyclic) bond motifs is 1. The van der Waals surface area contributed by atoms with Crippen molar-refractivity contribution in [3.63, 3.8) is 0 Å². The summed E-state index contributed by atoms with van der Waals surface area (Å²) < 4.78 is 45.0. The average molecular weight is 502 g/mol. The summed E-state index contributed by atoms with van der Waals surface area (Å²) in [4.78, 5) is 15.9. The number of furan rings is 1. The van der Waals surface area contributed by atoms with Crippen molar-refractivity contribution in [3.05, 3.63) is 23.6 Å². The van der Waals surface area contributed by atoms with Crippen LogP contribution in [0, 0.1) is 0 Å². The van der Waals surface area contributed by atoms with E-state index in [9.17, 15) is 13.2 Å². The Kier molecular flexibility index (Phi) is 8.49. The Hall–Kier alpha value is -2.18. The summed E-state index contributed by atoms with van der Waals surface area (Å²) in [5, 5.41) is 5.00. The second-order valence-electron chi connectivity index (χ2n) is 6.64. The third-order valence-corrected chi connectivity index (χ3v) is 6.97. The number of nitrogens with zero attached hydrogens (tertiary/aromatic N) is 1. The Morgan fingerprint density at radius 1 is 1.31 bits per heavy atom. The number of carbonyl (C=O) groups is 1. The molecule has 0 saturated carbocycles. The maximum Gasteiger partial charge on any atom is 0.241 e. The van der Waals surface area contributed by atoms with E-state index in [1.807, 2.05) is 6.92 Å². The first kappa shape index (κ1) is 24.5. The standard InChI is InChI=1S/C20H24ClN3O6S2/c1-3-29-9-5-4-8-22-32(26,27)17-7-6-15(28-2)19-13(17)10-16(30-19)14-12-31-20(23-14)24-18(25)11-21/h6-7,10,12,22H,3-5,8-9,11H2,1-2H3,(H,23,24,25). The van der Waals surface area contributed by atoms with Crippen molar-refractivity contribution in [2.24, 2.45) is 0 Å². The summed E-state index contributed by atoms with van der Waals surface area (Å²) in [5.74, 6) is 0.184. The lowest BCUT2D eigenvalue weighted by molar-refractivity contribution is -0.113. The van der Waals surface area contributed by atoms with Crippen molar-refractivity contribution >= 4 is 55.0 Å². The molecule has 0 saturated heterocycles. The summed E-state index contributed by atoms with van der Waals surface area (Å²) >= 11 is 6.71.